The van der Waals surface area contributed by atoms with Crippen LogP contribution in [0.3, 0.4) is 0 Å². The molecule has 6 nitrogen and oxygen atoms in total. The zero-order chi connectivity index (χ0) is 11.7. The van der Waals surface area contributed by atoms with Gasteiger partial charge >= 0.3 is 5.97 Å². The molecule has 0 amide bonds. The molecule has 4 N–H and O–H groups in total. The van der Waals surface area contributed by atoms with Crippen LogP contribution in [0, 0.1) is 0 Å². The van der Waals surface area contributed by atoms with E-state index in [0.29, 0.717) is 11.3 Å². The molecule has 1 atom stereocenters. The quantitative estimate of drug-likeness (QED) is 0.673. The third kappa shape index (κ3) is 1.74. The highest BCUT2D eigenvalue weighted by molar-refractivity contribution is 5.74. The number of hydrogen-bond acceptors (Lipinski definition) is 5. The van der Waals surface area contributed by atoms with Crippen LogP contribution in [0.5, 0.6) is 17.2 Å². The molecule has 0 saturated carbocycles. The molecule has 0 bridgehead atoms. The largest absolute Gasteiger partial charge is 0.504 e. The van der Waals surface area contributed by atoms with Crippen LogP contribution in [0.25, 0.3) is 0 Å². The molecule has 1 aliphatic heterocycles. The zero-order valence-corrected chi connectivity index (χ0v) is 8.34. The monoisotopic (exact) mass is 225 g/mol. The van der Waals surface area contributed by atoms with Crippen molar-refractivity contribution in [3.05, 3.63) is 17.7 Å². The van der Waals surface area contributed by atoms with Crippen molar-refractivity contribution in [3.63, 3.8) is 0 Å². The Kier molecular flexibility index (Phi) is 2.57. The predicted molar refractivity (Wildman–Crippen MR) is 53.5 cm³/mol. The molecular formula is C10H11NO5. The number of nitrogens with two attached hydrogens (primary N) is 1. The van der Waals surface area contributed by atoms with E-state index in [0.717, 1.165) is 0 Å². The fraction of sp³-hybridized carbons (Fsp3) is 0.300. The van der Waals surface area contributed by atoms with Crippen LogP contribution in [0.1, 0.15) is 5.56 Å². The second-order valence-electron chi connectivity index (χ2n) is 3.46. The van der Waals surface area contributed by atoms with Crippen molar-refractivity contribution in [2.75, 3.05) is 6.79 Å². The standard InChI is InChI=1S/C10H11NO5/c11-6(10(13)14)3-5-1-2-7-9(8(5)12)16-4-15-7/h1-2,6,12H,3-4,11H2,(H,13,14). The lowest BCUT2D eigenvalue weighted by Gasteiger charge is -2.09. The number of fused-ring (bicyclic) bond motifs is 1. The Balaban J connectivity index is 2.26. The van der Waals surface area contributed by atoms with Gasteiger partial charge in [-0.3, -0.25) is 4.79 Å². The minimum absolute atomic E-state index is 0.0395. The topological polar surface area (TPSA) is 102 Å². The molecule has 16 heavy (non-hydrogen) atoms. The molecule has 1 heterocycles. The van der Waals surface area contributed by atoms with Gasteiger partial charge in [-0.25, -0.2) is 0 Å². The van der Waals surface area contributed by atoms with E-state index in [1.807, 2.05) is 0 Å². The fourth-order valence-electron chi connectivity index (χ4n) is 1.49. The normalized spacial score (nSPS) is 14.8. The third-order valence-electron chi connectivity index (χ3n) is 2.35. The molecule has 2 rings (SSSR count). The number of hydrogen-bond donors (Lipinski definition) is 3. The first-order valence-corrected chi connectivity index (χ1v) is 4.68. The predicted octanol–water partition coefficient (Wildman–Crippen LogP) is 0.0753. The van der Waals surface area contributed by atoms with Gasteiger partial charge in [0.05, 0.1) is 0 Å². The maximum absolute atomic E-state index is 10.6. The van der Waals surface area contributed by atoms with Crippen molar-refractivity contribution >= 4 is 5.97 Å². The van der Waals surface area contributed by atoms with Crippen molar-refractivity contribution in [2.24, 2.45) is 5.73 Å². The summed E-state index contributed by atoms with van der Waals surface area (Å²) in [5.41, 5.74) is 5.81. The average Bonchev–Trinajstić information content (AvgIpc) is 2.70. The lowest BCUT2D eigenvalue weighted by molar-refractivity contribution is -0.138. The van der Waals surface area contributed by atoms with E-state index in [-0.39, 0.29) is 24.7 Å². The molecular weight excluding hydrogens is 214 g/mol. The third-order valence-corrected chi connectivity index (χ3v) is 2.35. The minimum atomic E-state index is -1.11. The number of ether oxygens (including phenoxy) is 2. The molecule has 0 aliphatic carbocycles. The summed E-state index contributed by atoms with van der Waals surface area (Å²) in [5.74, 6) is -0.524. The summed E-state index contributed by atoms with van der Waals surface area (Å²) < 4.78 is 10.1. The Labute approximate surface area is 91.2 Å². The summed E-state index contributed by atoms with van der Waals surface area (Å²) in [7, 11) is 0. The highest BCUT2D eigenvalue weighted by Crippen LogP contribution is 2.42. The number of carbonyl (C=O) groups is 1. The first kappa shape index (κ1) is 10.6. The van der Waals surface area contributed by atoms with Crippen LogP contribution in [-0.2, 0) is 11.2 Å². The summed E-state index contributed by atoms with van der Waals surface area (Å²) in [6.07, 6.45) is 0.0395. The average molecular weight is 225 g/mol. The molecule has 86 valence electrons. The molecule has 1 aromatic carbocycles. The number of phenolic OH excluding ortho intramolecular Hbond substituents is 1. The molecule has 0 aromatic heterocycles. The van der Waals surface area contributed by atoms with E-state index in [1.54, 1.807) is 12.1 Å². The molecule has 0 spiro atoms. The Morgan fingerprint density at radius 1 is 1.50 bits per heavy atom. The summed E-state index contributed by atoms with van der Waals surface area (Å²) in [5, 5.41) is 18.5. The number of benzene rings is 1. The number of phenols is 1. The lowest BCUT2D eigenvalue weighted by Crippen LogP contribution is -2.32. The SMILES string of the molecule is NC(Cc1ccc2c(c1O)OCO2)C(=O)O. The van der Waals surface area contributed by atoms with Crippen LogP contribution >= 0.6 is 0 Å². The number of carboxylic acids is 1. The number of aromatic hydroxyl groups is 1. The van der Waals surface area contributed by atoms with E-state index < -0.39 is 12.0 Å². The van der Waals surface area contributed by atoms with E-state index in [1.165, 1.54) is 0 Å². The van der Waals surface area contributed by atoms with Crippen molar-refractivity contribution < 1.29 is 24.5 Å². The summed E-state index contributed by atoms with van der Waals surface area (Å²) in [4.78, 5) is 10.6. The van der Waals surface area contributed by atoms with Gasteiger partial charge in [-0.15, -0.1) is 0 Å². The lowest BCUT2D eigenvalue weighted by atomic mass is 10.0. The number of rotatable bonds is 3. The Bertz CT molecular complexity index is 431. The van der Waals surface area contributed by atoms with Gasteiger partial charge in [0.15, 0.2) is 11.5 Å². The smallest absolute Gasteiger partial charge is 0.320 e. The second-order valence-corrected chi connectivity index (χ2v) is 3.46. The molecule has 0 radical (unpaired) electrons. The Morgan fingerprint density at radius 3 is 2.94 bits per heavy atom. The van der Waals surface area contributed by atoms with Gasteiger partial charge in [-0.1, -0.05) is 6.07 Å². The summed E-state index contributed by atoms with van der Waals surface area (Å²) in [6, 6.07) is 2.14. The van der Waals surface area contributed by atoms with Gasteiger partial charge in [-0.2, -0.15) is 0 Å². The Hall–Kier alpha value is -1.95. The van der Waals surface area contributed by atoms with Crippen molar-refractivity contribution in [3.8, 4) is 17.2 Å². The molecule has 0 fully saturated rings. The van der Waals surface area contributed by atoms with Gasteiger partial charge in [0.1, 0.15) is 6.04 Å². The van der Waals surface area contributed by atoms with Gasteiger partial charge in [0.25, 0.3) is 0 Å². The van der Waals surface area contributed by atoms with Crippen LogP contribution in [-0.4, -0.2) is 29.0 Å². The fourth-order valence-corrected chi connectivity index (χ4v) is 1.49. The molecule has 1 aromatic rings. The molecule has 6 heteroatoms. The minimum Gasteiger partial charge on any atom is -0.504 e. The summed E-state index contributed by atoms with van der Waals surface area (Å²) >= 11 is 0. The van der Waals surface area contributed by atoms with Crippen LogP contribution < -0.4 is 15.2 Å². The van der Waals surface area contributed by atoms with Gasteiger partial charge in [0, 0.05) is 12.0 Å². The first-order chi connectivity index (χ1) is 7.59. The van der Waals surface area contributed by atoms with E-state index >= 15 is 0 Å². The first-order valence-electron chi connectivity index (χ1n) is 4.68. The molecule has 1 aliphatic rings. The van der Waals surface area contributed by atoms with Crippen molar-refractivity contribution in [1.29, 1.82) is 0 Å². The highest BCUT2D eigenvalue weighted by atomic mass is 16.7. The van der Waals surface area contributed by atoms with Crippen LogP contribution in [0.2, 0.25) is 0 Å². The highest BCUT2D eigenvalue weighted by Gasteiger charge is 2.22. The van der Waals surface area contributed by atoms with E-state index in [9.17, 15) is 9.90 Å². The van der Waals surface area contributed by atoms with E-state index in [4.69, 9.17) is 20.3 Å². The number of carboxylic acid groups (broad SMARTS) is 1. The molecule has 1 unspecified atom stereocenters. The van der Waals surface area contributed by atoms with Crippen LogP contribution in [0.4, 0.5) is 0 Å². The summed E-state index contributed by atoms with van der Waals surface area (Å²) in [6.45, 7) is 0.0529. The van der Waals surface area contributed by atoms with Gasteiger partial charge < -0.3 is 25.4 Å². The number of aliphatic carboxylic acids is 1. The molecule has 0 saturated heterocycles. The maximum Gasteiger partial charge on any atom is 0.320 e. The van der Waals surface area contributed by atoms with Gasteiger partial charge in [-0.05, 0) is 6.07 Å². The Morgan fingerprint density at radius 2 is 2.25 bits per heavy atom. The van der Waals surface area contributed by atoms with Crippen molar-refractivity contribution in [1.82, 2.24) is 0 Å². The maximum atomic E-state index is 10.6. The van der Waals surface area contributed by atoms with Gasteiger partial charge in [0.2, 0.25) is 12.5 Å². The van der Waals surface area contributed by atoms with Crippen molar-refractivity contribution in [2.45, 2.75) is 12.5 Å². The second kappa shape index (κ2) is 3.90. The zero-order valence-electron chi connectivity index (χ0n) is 8.34. The van der Waals surface area contributed by atoms with E-state index in [2.05, 4.69) is 0 Å². The van der Waals surface area contributed by atoms with Crippen LogP contribution in [0.15, 0.2) is 12.1 Å².